The van der Waals surface area contributed by atoms with E-state index >= 15 is 0 Å². The van der Waals surface area contributed by atoms with E-state index in [0.29, 0.717) is 0 Å². The van der Waals surface area contributed by atoms with Crippen LogP contribution in [-0.2, 0) is 0 Å². The topological polar surface area (TPSA) is 12.9 Å². The second kappa shape index (κ2) is 8.99. The van der Waals surface area contributed by atoms with Crippen LogP contribution in [0.15, 0.2) is 152 Å². The van der Waals surface area contributed by atoms with Crippen molar-refractivity contribution in [2.45, 2.75) is 0 Å². The Balaban J connectivity index is 1.39. The van der Waals surface area contributed by atoms with E-state index in [1.165, 1.54) is 70.4 Å². The molecule has 0 radical (unpaired) electrons. The quantitative estimate of drug-likeness (QED) is 0.202. The molecular weight excluding hydrogens is 506 g/mol. The molecule has 9 aromatic rings. The van der Waals surface area contributed by atoms with Crippen LogP contribution in [0.4, 0.5) is 0 Å². The van der Waals surface area contributed by atoms with Crippen LogP contribution >= 0.6 is 0 Å². The monoisotopic (exact) mass is 531 g/mol. The molecule has 0 saturated heterocycles. The average Bonchev–Trinajstić information content (AvgIpc) is 3.06. The maximum absolute atomic E-state index is 5.31. The predicted molar refractivity (Wildman–Crippen MR) is 180 cm³/mol. The molecule has 1 aromatic heterocycles. The van der Waals surface area contributed by atoms with E-state index in [9.17, 15) is 0 Å². The van der Waals surface area contributed by atoms with Crippen molar-refractivity contribution in [2.75, 3.05) is 0 Å². The molecule has 1 heterocycles. The van der Waals surface area contributed by atoms with E-state index in [2.05, 4.69) is 152 Å². The van der Waals surface area contributed by atoms with E-state index in [1.54, 1.807) is 0 Å². The molecule has 9 rings (SSSR count). The Hall–Kier alpha value is -5.53. The first-order chi connectivity index (χ1) is 20.8. The standard InChI is InChI=1S/C41H25N/c1-2-11-28-23-31(20-17-26(28)9-1)41-38-25-37(30-21-22-33-29(24-30)19-18-27-10-3-4-12-32(27)33)34-13-5-6-14-35(34)40(38)36-15-7-8-16-39(36)42-41/h1-25H. The van der Waals surface area contributed by atoms with Crippen LogP contribution in [-0.4, -0.2) is 4.98 Å². The summed E-state index contributed by atoms with van der Waals surface area (Å²) in [5.41, 5.74) is 5.62. The number of aromatic nitrogens is 1. The molecule has 0 unspecified atom stereocenters. The minimum Gasteiger partial charge on any atom is -0.247 e. The van der Waals surface area contributed by atoms with Crippen LogP contribution < -0.4 is 0 Å². The van der Waals surface area contributed by atoms with Gasteiger partial charge in [0.2, 0.25) is 0 Å². The lowest BCUT2D eigenvalue weighted by Gasteiger charge is -2.17. The second-order valence-corrected chi connectivity index (χ2v) is 11.2. The van der Waals surface area contributed by atoms with Crippen LogP contribution in [0, 0.1) is 0 Å². The molecule has 0 N–H and O–H groups in total. The van der Waals surface area contributed by atoms with Crippen molar-refractivity contribution in [1.29, 1.82) is 0 Å². The maximum atomic E-state index is 5.31. The predicted octanol–water partition coefficient (Wildman–Crippen LogP) is 11.3. The van der Waals surface area contributed by atoms with Gasteiger partial charge in [-0.1, -0.05) is 127 Å². The summed E-state index contributed by atoms with van der Waals surface area (Å²) in [5, 5.41) is 13.7. The van der Waals surface area contributed by atoms with Crippen molar-refractivity contribution in [3.63, 3.8) is 0 Å². The molecule has 0 amide bonds. The van der Waals surface area contributed by atoms with Gasteiger partial charge in [-0.05, 0) is 78.5 Å². The van der Waals surface area contributed by atoms with E-state index in [4.69, 9.17) is 4.98 Å². The fraction of sp³-hybridized carbons (Fsp3) is 0. The summed E-state index contributed by atoms with van der Waals surface area (Å²) in [6.45, 7) is 0. The molecule has 0 bridgehead atoms. The molecule has 0 spiro atoms. The summed E-state index contributed by atoms with van der Waals surface area (Å²) < 4.78 is 0. The number of fused-ring (bicyclic) bond motifs is 9. The van der Waals surface area contributed by atoms with Gasteiger partial charge in [0.1, 0.15) is 0 Å². The summed E-state index contributed by atoms with van der Waals surface area (Å²) >= 11 is 0. The van der Waals surface area contributed by atoms with Gasteiger partial charge in [-0.3, -0.25) is 0 Å². The number of para-hydroxylation sites is 1. The van der Waals surface area contributed by atoms with Crippen molar-refractivity contribution in [2.24, 2.45) is 0 Å². The zero-order valence-electron chi connectivity index (χ0n) is 22.9. The van der Waals surface area contributed by atoms with Gasteiger partial charge >= 0.3 is 0 Å². The lowest BCUT2D eigenvalue weighted by Crippen LogP contribution is -1.93. The van der Waals surface area contributed by atoms with Gasteiger partial charge in [-0.2, -0.15) is 0 Å². The smallest absolute Gasteiger partial charge is 0.0788 e. The van der Waals surface area contributed by atoms with Gasteiger partial charge in [-0.15, -0.1) is 0 Å². The zero-order chi connectivity index (χ0) is 27.6. The van der Waals surface area contributed by atoms with Gasteiger partial charge in [0.05, 0.1) is 11.2 Å². The van der Waals surface area contributed by atoms with Gasteiger partial charge in [0.15, 0.2) is 0 Å². The first-order valence-corrected chi connectivity index (χ1v) is 14.5. The first-order valence-electron chi connectivity index (χ1n) is 14.5. The van der Waals surface area contributed by atoms with E-state index in [0.717, 1.165) is 16.8 Å². The number of pyridine rings is 1. The number of hydrogen-bond acceptors (Lipinski definition) is 1. The SMILES string of the molecule is c1ccc2cc(-c3nc4ccccc4c4c3cc(-c3ccc5c(ccc6ccccc65)c3)c3ccccc34)ccc2c1. The average molecular weight is 532 g/mol. The molecule has 0 saturated carbocycles. The zero-order valence-corrected chi connectivity index (χ0v) is 22.9. The summed E-state index contributed by atoms with van der Waals surface area (Å²) in [6.07, 6.45) is 0. The normalized spacial score (nSPS) is 11.8. The lowest BCUT2D eigenvalue weighted by atomic mass is 9.89. The summed E-state index contributed by atoms with van der Waals surface area (Å²) in [6, 6.07) is 55.1. The second-order valence-electron chi connectivity index (χ2n) is 11.2. The minimum atomic E-state index is 1.02. The highest BCUT2D eigenvalue weighted by Crippen LogP contribution is 2.42. The van der Waals surface area contributed by atoms with Crippen molar-refractivity contribution < 1.29 is 0 Å². The number of benzene rings is 8. The Bertz CT molecular complexity index is 2520. The van der Waals surface area contributed by atoms with E-state index < -0.39 is 0 Å². The molecular formula is C41H25N. The Morgan fingerprint density at radius 3 is 1.81 bits per heavy atom. The van der Waals surface area contributed by atoms with Gasteiger partial charge in [-0.25, -0.2) is 4.98 Å². The van der Waals surface area contributed by atoms with Gasteiger partial charge in [0, 0.05) is 21.7 Å². The third-order valence-electron chi connectivity index (χ3n) is 8.78. The molecule has 0 aliphatic rings. The molecule has 0 aliphatic heterocycles. The highest BCUT2D eigenvalue weighted by molar-refractivity contribution is 6.25. The maximum Gasteiger partial charge on any atom is 0.0788 e. The summed E-state index contributed by atoms with van der Waals surface area (Å²) in [5.74, 6) is 0. The molecule has 8 aromatic carbocycles. The van der Waals surface area contributed by atoms with Crippen LogP contribution in [0.3, 0.4) is 0 Å². The molecule has 1 heteroatoms. The van der Waals surface area contributed by atoms with Crippen molar-refractivity contribution in [3.8, 4) is 22.4 Å². The molecule has 0 aliphatic carbocycles. The molecule has 42 heavy (non-hydrogen) atoms. The van der Waals surface area contributed by atoms with Crippen LogP contribution in [0.2, 0.25) is 0 Å². The third kappa shape index (κ3) is 3.47. The Morgan fingerprint density at radius 1 is 0.333 bits per heavy atom. The highest BCUT2D eigenvalue weighted by atomic mass is 14.7. The lowest BCUT2D eigenvalue weighted by molar-refractivity contribution is 1.43. The van der Waals surface area contributed by atoms with Crippen molar-refractivity contribution >= 4 is 64.8 Å². The molecule has 0 fully saturated rings. The Labute approximate surface area is 243 Å². The van der Waals surface area contributed by atoms with Crippen LogP contribution in [0.5, 0.6) is 0 Å². The largest absolute Gasteiger partial charge is 0.247 e. The summed E-state index contributed by atoms with van der Waals surface area (Å²) in [4.78, 5) is 5.31. The third-order valence-corrected chi connectivity index (χ3v) is 8.78. The minimum absolute atomic E-state index is 1.02. The molecule has 194 valence electrons. The van der Waals surface area contributed by atoms with Crippen LogP contribution in [0.25, 0.3) is 87.1 Å². The Kier molecular flexibility index (Phi) is 4.97. The highest BCUT2D eigenvalue weighted by Gasteiger charge is 2.17. The Morgan fingerprint density at radius 2 is 0.929 bits per heavy atom. The summed E-state index contributed by atoms with van der Waals surface area (Å²) in [7, 11) is 0. The number of rotatable bonds is 2. The first kappa shape index (κ1) is 23.2. The molecule has 0 atom stereocenters. The fourth-order valence-corrected chi connectivity index (χ4v) is 6.79. The van der Waals surface area contributed by atoms with Gasteiger partial charge in [0.25, 0.3) is 0 Å². The van der Waals surface area contributed by atoms with Crippen LogP contribution in [0.1, 0.15) is 0 Å². The van der Waals surface area contributed by atoms with Crippen molar-refractivity contribution in [1.82, 2.24) is 4.98 Å². The van der Waals surface area contributed by atoms with Crippen molar-refractivity contribution in [3.05, 3.63) is 152 Å². The number of hydrogen-bond donors (Lipinski definition) is 0. The number of nitrogens with zero attached hydrogens (tertiary/aromatic N) is 1. The fourth-order valence-electron chi connectivity index (χ4n) is 6.79. The van der Waals surface area contributed by atoms with E-state index in [1.807, 2.05) is 0 Å². The van der Waals surface area contributed by atoms with Gasteiger partial charge < -0.3 is 0 Å². The molecule has 1 nitrogen and oxygen atoms in total. The van der Waals surface area contributed by atoms with E-state index in [-0.39, 0.29) is 0 Å².